The minimum atomic E-state index is -3.85. The van der Waals surface area contributed by atoms with Crippen molar-refractivity contribution >= 4 is 39.2 Å². The monoisotopic (exact) mass is 448 g/mol. The highest BCUT2D eigenvalue weighted by atomic mass is 35.5. The number of hydrogen-bond donors (Lipinski definition) is 2. The van der Waals surface area contributed by atoms with E-state index in [0.29, 0.717) is 28.6 Å². The third kappa shape index (κ3) is 5.33. The zero-order valence-electron chi connectivity index (χ0n) is 16.7. The van der Waals surface area contributed by atoms with Crippen LogP contribution in [0.5, 0.6) is 0 Å². The number of carbonyl (C=O) groups is 1. The average molecular weight is 449 g/mol. The summed E-state index contributed by atoms with van der Waals surface area (Å²) >= 11 is 5.95. The average Bonchev–Trinajstić information content (AvgIpc) is 2.97. The van der Waals surface area contributed by atoms with Crippen LogP contribution in [0, 0.1) is 20.8 Å². The lowest BCUT2D eigenvalue weighted by atomic mass is 10.3. The van der Waals surface area contributed by atoms with Crippen molar-refractivity contribution in [1.29, 1.82) is 0 Å². The van der Waals surface area contributed by atoms with Crippen molar-refractivity contribution in [1.82, 2.24) is 19.7 Å². The van der Waals surface area contributed by atoms with Crippen LogP contribution in [0.15, 0.2) is 41.4 Å². The first-order valence-corrected chi connectivity index (χ1v) is 10.9. The SMILES string of the molecule is Cc1cc(C)nc(NS(=O)(=O)c2ccc(NC(=O)CCn3ncc(Cl)c3C)cc2)n1. The second-order valence-electron chi connectivity index (χ2n) is 6.70. The highest BCUT2D eigenvalue weighted by Gasteiger charge is 2.16. The molecule has 3 aromatic rings. The van der Waals surface area contributed by atoms with E-state index in [1.165, 1.54) is 30.5 Å². The van der Waals surface area contributed by atoms with E-state index >= 15 is 0 Å². The molecule has 11 heteroatoms. The Morgan fingerprint density at radius 2 is 1.73 bits per heavy atom. The van der Waals surface area contributed by atoms with Gasteiger partial charge in [0.15, 0.2) is 0 Å². The molecule has 0 spiro atoms. The first kappa shape index (κ1) is 21.7. The number of nitrogens with one attached hydrogen (secondary N) is 2. The molecule has 0 aliphatic heterocycles. The zero-order valence-corrected chi connectivity index (χ0v) is 18.3. The standard InChI is InChI=1S/C19H21ClN6O3S/c1-12-10-13(2)23-19(22-12)25-30(28,29)16-6-4-15(5-7-16)24-18(27)8-9-26-14(3)17(20)11-21-26/h4-7,10-11H,8-9H2,1-3H3,(H,24,27)(H,22,23,25). The van der Waals surface area contributed by atoms with Gasteiger partial charge in [-0.2, -0.15) is 5.10 Å². The third-order valence-electron chi connectivity index (χ3n) is 4.25. The first-order valence-electron chi connectivity index (χ1n) is 9.07. The molecule has 0 aliphatic carbocycles. The Labute approximate surface area is 179 Å². The molecule has 0 unspecified atom stereocenters. The summed E-state index contributed by atoms with van der Waals surface area (Å²) in [5, 5.41) is 7.38. The Morgan fingerprint density at radius 3 is 2.30 bits per heavy atom. The molecule has 158 valence electrons. The lowest BCUT2D eigenvalue weighted by molar-refractivity contribution is -0.116. The first-order chi connectivity index (χ1) is 14.1. The largest absolute Gasteiger partial charge is 0.326 e. The van der Waals surface area contributed by atoms with Crippen molar-refractivity contribution in [2.24, 2.45) is 0 Å². The smallest absolute Gasteiger partial charge is 0.264 e. The molecule has 1 aromatic carbocycles. The van der Waals surface area contributed by atoms with Crippen LogP contribution in [0.25, 0.3) is 0 Å². The minimum Gasteiger partial charge on any atom is -0.326 e. The van der Waals surface area contributed by atoms with Crippen LogP contribution < -0.4 is 10.0 Å². The van der Waals surface area contributed by atoms with Gasteiger partial charge in [-0.25, -0.2) is 23.1 Å². The van der Waals surface area contributed by atoms with Gasteiger partial charge in [0.25, 0.3) is 10.0 Å². The number of aryl methyl sites for hydroxylation is 3. The summed E-state index contributed by atoms with van der Waals surface area (Å²) in [7, 11) is -3.85. The summed E-state index contributed by atoms with van der Waals surface area (Å²) in [6, 6.07) is 7.59. The molecule has 1 amide bonds. The Balaban J connectivity index is 1.62. The molecule has 0 aliphatic rings. The maximum atomic E-state index is 12.6. The molecule has 0 atom stereocenters. The van der Waals surface area contributed by atoms with Crippen LogP contribution >= 0.6 is 11.6 Å². The number of sulfonamides is 1. The zero-order chi connectivity index (χ0) is 21.9. The van der Waals surface area contributed by atoms with Gasteiger partial charge in [-0.1, -0.05) is 11.6 Å². The van der Waals surface area contributed by atoms with Crippen molar-refractivity contribution in [3.8, 4) is 0 Å². The summed E-state index contributed by atoms with van der Waals surface area (Å²) in [5.74, 6) is -0.211. The van der Waals surface area contributed by atoms with Crippen LogP contribution in [0.3, 0.4) is 0 Å². The number of rotatable bonds is 7. The predicted octanol–water partition coefficient (Wildman–Crippen LogP) is 3.08. The summed E-state index contributed by atoms with van der Waals surface area (Å²) in [6.45, 7) is 5.72. The molecule has 30 heavy (non-hydrogen) atoms. The topological polar surface area (TPSA) is 119 Å². The fourth-order valence-corrected chi connectivity index (χ4v) is 3.83. The highest BCUT2D eigenvalue weighted by molar-refractivity contribution is 7.92. The minimum absolute atomic E-state index is 0.0129. The van der Waals surface area contributed by atoms with Gasteiger partial charge in [0.05, 0.1) is 28.4 Å². The van der Waals surface area contributed by atoms with Crippen molar-refractivity contribution in [2.45, 2.75) is 38.6 Å². The second kappa shape index (κ2) is 8.80. The number of benzene rings is 1. The predicted molar refractivity (Wildman–Crippen MR) is 114 cm³/mol. The molecule has 0 saturated heterocycles. The van der Waals surface area contributed by atoms with Crippen molar-refractivity contribution in [2.75, 3.05) is 10.0 Å². The normalized spacial score (nSPS) is 11.3. The van der Waals surface area contributed by atoms with Gasteiger partial charge in [0.1, 0.15) is 0 Å². The number of anilines is 2. The van der Waals surface area contributed by atoms with Crippen LogP contribution in [0.2, 0.25) is 5.02 Å². The highest BCUT2D eigenvalue weighted by Crippen LogP contribution is 2.18. The van der Waals surface area contributed by atoms with Crippen molar-refractivity contribution < 1.29 is 13.2 Å². The van der Waals surface area contributed by atoms with E-state index in [0.717, 1.165) is 5.69 Å². The van der Waals surface area contributed by atoms with Gasteiger partial charge in [-0.15, -0.1) is 0 Å². The van der Waals surface area contributed by atoms with E-state index < -0.39 is 10.0 Å². The van der Waals surface area contributed by atoms with Gasteiger partial charge in [-0.05, 0) is 51.1 Å². The van der Waals surface area contributed by atoms with Crippen LogP contribution in [-0.2, 0) is 21.4 Å². The maximum Gasteiger partial charge on any atom is 0.264 e. The fourth-order valence-electron chi connectivity index (χ4n) is 2.75. The van der Waals surface area contributed by atoms with E-state index in [1.807, 2.05) is 6.92 Å². The number of amides is 1. The van der Waals surface area contributed by atoms with E-state index in [1.54, 1.807) is 24.6 Å². The summed E-state index contributed by atoms with van der Waals surface area (Å²) in [6.07, 6.45) is 1.73. The molecule has 0 bridgehead atoms. The molecule has 3 rings (SSSR count). The molecule has 2 aromatic heterocycles. The molecule has 2 N–H and O–H groups in total. The van der Waals surface area contributed by atoms with Gasteiger partial charge < -0.3 is 5.32 Å². The Morgan fingerprint density at radius 1 is 1.10 bits per heavy atom. The van der Waals surface area contributed by atoms with Crippen LogP contribution in [0.4, 0.5) is 11.6 Å². The van der Waals surface area contributed by atoms with E-state index in [9.17, 15) is 13.2 Å². The number of carbonyl (C=O) groups excluding carboxylic acids is 1. The fraction of sp³-hybridized carbons (Fsp3) is 0.263. The van der Waals surface area contributed by atoms with E-state index in [4.69, 9.17) is 11.6 Å². The molecule has 0 fully saturated rings. The molecule has 0 radical (unpaired) electrons. The number of nitrogens with zero attached hydrogens (tertiary/aromatic N) is 4. The molecule has 2 heterocycles. The van der Waals surface area contributed by atoms with Gasteiger partial charge in [0.2, 0.25) is 11.9 Å². The van der Waals surface area contributed by atoms with Gasteiger partial charge in [0, 0.05) is 23.5 Å². The van der Waals surface area contributed by atoms with Crippen molar-refractivity contribution in [3.05, 3.63) is 58.6 Å². The van der Waals surface area contributed by atoms with E-state index in [2.05, 4.69) is 25.1 Å². The number of halogens is 1. The van der Waals surface area contributed by atoms with E-state index in [-0.39, 0.29) is 23.2 Å². The molecule has 9 nitrogen and oxygen atoms in total. The summed E-state index contributed by atoms with van der Waals surface area (Å²) < 4.78 is 29.1. The quantitative estimate of drug-likeness (QED) is 0.573. The van der Waals surface area contributed by atoms with Crippen LogP contribution in [-0.4, -0.2) is 34.1 Å². The Bertz CT molecular complexity index is 1160. The second-order valence-corrected chi connectivity index (χ2v) is 8.79. The summed E-state index contributed by atoms with van der Waals surface area (Å²) in [4.78, 5) is 20.4. The van der Waals surface area contributed by atoms with Crippen molar-refractivity contribution in [3.63, 3.8) is 0 Å². The lowest BCUT2D eigenvalue weighted by Gasteiger charge is -2.10. The van der Waals surface area contributed by atoms with Gasteiger partial charge >= 0.3 is 0 Å². The van der Waals surface area contributed by atoms with Crippen LogP contribution in [0.1, 0.15) is 23.5 Å². The number of aromatic nitrogens is 4. The molecular weight excluding hydrogens is 428 g/mol. The Hall–Kier alpha value is -2.98. The van der Waals surface area contributed by atoms with Gasteiger partial charge in [-0.3, -0.25) is 9.48 Å². The lowest BCUT2D eigenvalue weighted by Crippen LogP contribution is -2.17. The molecule has 0 saturated carbocycles. The third-order valence-corrected chi connectivity index (χ3v) is 5.97. The number of hydrogen-bond acceptors (Lipinski definition) is 6. The molecular formula is C19H21ClN6O3S. The Kier molecular flexibility index (Phi) is 6.37. The summed E-state index contributed by atoms with van der Waals surface area (Å²) in [5.41, 5.74) is 2.59. The maximum absolute atomic E-state index is 12.6.